The molecular weight excluding hydrogens is 301 g/mol. The Bertz CT molecular complexity index is 493. The Hall–Kier alpha value is -1.46. The molecule has 1 rings (SSSR count). The van der Waals surface area contributed by atoms with E-state index in [1.807, 2.05) is 20.8 Å². The van der Waals surface area contributed by atoms with Gasteiger partial charge >= 0.3 is 6.03 Å². The summed E-state index contributed by atoms with van der Waals surface area (Å²) in [6.45, 7) is 5.41. The molecule has 1 aromatic carbocycles. The van der Waals surface area contributed by atoms with Crippen molar-refractivity contribution in [2.24, 2.45) is 0 Å². The lowest BCUT2D eigenvalue weighted by atomic mass is 10.1. The van der Waals surface area contributed by atoms with Crippen molar-refractivity contribution in [1.29, 1.82) is 0 Å². The first-order valence-corrected chi connectivity index (χ1v) is 6.73. The summed E-state index contributed by atoms with van der Waals surface area (Å²) in [7, 11) is 0. The maximum Gasteiger partial charge on any atom is 0.321 e. The van der Waals surface area contributed by atoms with Crippen molar-refractivity contribution in [3.63, 3.8) is 0 Å². The van der Waals surface area contributed by atoms with Crippen LogP contribution in [0.15, 0.2) is 18.2 Å². The fraction of sp³-hybridized carbons (Fsp3) is 0.385. The number of amides is 3. The van der Waals surface area contributed by atoms with Crippen LogP contribution in [0.25, 0.3) is 0 Å². The molecule has 0 radical (unpaired) electrons. The fourth-order valence-corrected chi connectivity index (χ4v) is 1.91. The minimum absolute atomic E-state index is 0.0613. The Morgan fingerprint density at radius 1 is 1.10 bits per heavy atom. The highest BCUT2D eigenvalue weighted by molar-refractivity contribution is 6.35. The number of rotatable bonds is 3. The van der Waals surface area contributed by atoms with Gasteiger partial charge in [0.2, 0.25) is 5.91 Å². The number of nitrogens with one attached hydrogen (secondary N) is 3. The zero-order chi connectivity index (χ0) is 15.3. The number of benzene rings is 1. The van der Waals surface area contributed by atoms with Crippen LogP contribution in [0.5, 0.6) is 0 Å². The molecule has 0 atom stereocenters. The number of anilines is 1. The monoisotopic (exact) mass is 317 g/mol. The van der Waals surface area contributed by atoms with E-state index in [-0.39, 0.29) is 6.54 Å². The molecule has 5 nitrogen and oxygen atoms in total. The van der Waals surface area contributed by atoms with E-state index >= 15 is 0 Å². The van der Waals surface area contributed by atoms with E-state index in [2.05, 4.69) is 16.0 Å². The summed E-state index contributed by atoms with van der Waals surface area (Å²) in [5.74, 6) is -0.456. The van der Waals surface area contributed by atoms with Crippen LogP contribution in [0, 0.1) is 0 Å². The van der Waals surface area contributed by atoms with Gasteiger partial charge in [0.1, 0.15) is 0 Å². The Labute approximate surface area is 128 Å². The van der Waals surface area contributed by atoms with Crippen LogP contribution < -0.4 is 16.0 Å². The van der Waals surface area contributed by atoms with Crippen molar-refractivity contribution in [2.45, 2.75) is 26.3 Å². The summed E-state index contributed by atoms with van der Waals surface area (Å²) in [5.41, 5.74) is 0.201. The fourth-order valence-electron chi connectivity index (χ4n) is 1.38. The summed E-state index contributed by atoms with van der Waals surface area (Å²) >= 11 is 11.7. The van der Waals surface area contributed by atoms with Crippen molar-refractivity contribution in [3.05, 3.63) is 28.2 Å². The van der Waals surface area contributed by atoms with Gasteiger partial charge in [-0.15, -0.1) is 0 Å². The Morgan fingerprint density at radius 2 is 1.65 bits per heavy atom. The molecule has 0 bridgehead atoms. The molecule has 0 saturated carbocycles. The Balaban J connectivity index is 2.45. The van der Waals surface area contributed by atoms with Gasteiger partial charge in [0.05, 0.1) is 6.54 Å². The molecule has 0 spiro atoms. The first kappa shape index (κ1) is 16.6. The predicted octanol–water partition coefficient (Wildman–Crippen LogP) is 3.03. The number of hydrogen-bond acceptors (Lipinski definition) is 3. The van der Waals surface area contributed by atoms with E-state index in [1.165, 1.54) is 0 Å². The highest BCUT2D eigenvalue weighted by atomic mass is 35.5. The van der Waals surface area contributed by atoms with E-state index in [4.69, 9.17) is 23.2 Å². The van der Waals surface area contributed by atoms with Crippen LogP contribution in [-0.4, -0.2) is 24.0 Å². The van der Waals surface area contributed by atoms with Crippen LogP contribution in [-0.2, 0) is 4.79 Å². The standard InChI is InChI=1S/C13H17Cl2N3O2/c1-13(2,3)18-12(20)17-11(19)7-16-10-5-8(14)4-9(15)6-10/h4-6,16H,7H2,1-3H3,(H2,17,18,19,20). The van der Waals surface area contributed by atoms with Gasteiger partial charge in [-0.05, 0) is 39.0 Å². The molecule has 0 saturated heterocycles. The highest BCUT2D eigenvalue weighted by Crippen LogP contribution is 2.22. The molecule has 3 amide bonds. The van der Waals surface area contributed by atoms with E-state index in [9.17, 15) is 9.59 Å². The summed E-state index contributed by atoms with van der Waals surface area (Å²) < 4.78 is 0. The second kappa shape index (κ2) is 6.81. The lowest BCUT2D eigenvalue weighted by Crippen LogP contribution is -2.49. The third-order valence-electron chi connectivity index (χ3n) is 2.06. The maximum atomic E-state index is 11.6. The molecule has 7 heteroatoms. The quantitative estimate of drug-likeness (QED) is 0.802. The van der Waals surface area contributed by atoms with Crippen LogP contribution in [0.1, 0.15) is 20.8 Å². The van der Waals surface area contributed by atoms with Gasteiger partial charge in [-0.2, -0.15) is 0 Å². The van der Waals surface area contributed by atoms with E-state index in [1.54, 1.807) is 18.2 Å². The SMILES string of the molecule is CC(C)(C)NC(=O)NC(=O)CNc1cc(Cl)cc(Cl)c1. The zero-order valence-corrected chi connectivity index (χ0v) is 13.0. The van der Waals surface area contributed by atoms with Gasteiger partial charge in [0, 0.05) is 21.3 Å². The van der Waals surface area contributed by atoms with Crippen molar-refractivity contribution < 1.29 is 9.59 Å². The van der Waals surface area contributed by atoms with Crippen molar-refractivity contribution in [3.8, 4) is 0 Å². The number of carbonyl (C=O) groups is 2. The van der Waals surface area contributed by atoms with Gasteiger partial charge < -0.3 is 10.6 Å². The van der Waals surface area contributed by atoms with Crippen molar-refractivity contribution in [2.75, 3.05) is 11.9 Å². The smallest absolute Gasteiger partial charge is 0.321 e. The molecule has 0 fully saturated rings. The first-order valence-electron chi connectivity index (χ1n) is 5.98. The molecule has 0 aliphatic carbocycles. The second-order valence-electron chi connectivity index (χ2n) is 5.26. The summed E-state index contributed by atoms with van der Waals surface area (Å²) in [6, 6.07) is 4.32. The van der Waals surface area contributed by atoms with Crippen molar-refractivity contribution in [1.82, 2.24) is 10.6 Å². The van der Waals surface area contributed by atoms with E-state index < -0.39 is 17.5 Å². The number of halogens is 2. The normalized spacial score (nSPS) is 10.8. The number of urea groups is 1. The zero-order valence-electron chi connectivity index (χ0n) is 11.5. The minimum Gasteiger partial charge on any atom is -0.376 e. The molecule has 20 heavy (non-hydrogen) atoms. The molecule has 0 unspecified atom stereocenters. The highest BCUT2D eigenvalue weighted by Gasteiger charge is 2.15. The van der Waals surface area contributed by atoms with Gasteiger partial charge in [-0.3, -0.25) is 10.1 Å². The Kier molecular flexibility index (Phi) is 5.65. The van der Waals surface area contributed by atoms with E-state index in [0.717, 1.165) is 0 Å². The van der Waals surface area contributed by atoms with Crippen LogP contribution in [0.4, 0.5) is 10.5 Å². The number of carbonyl (C=O) groups excluding carboxylic acids is 2. The first-order chi connectivity index (χ1) is 9.15. The Morgan fingerprint density at radius 3 is 2.15 bits per heavy atom. The summed E-state index contributed by atoms with van der Waals surface area (Å²) in [4.78, 5) is 23.1. The van der Waals surface area contributed by atoms with Gasteiger partial charge in [0.25, 0.3) is 0 Å². The minimum atomic E-state index is -0.534. The summed E-state index contributed by atoms with van der Waals surface area (Å²) in [6.07, 6.45) is 0. The lowest BCUT2D eigenvalue weighted by Gasteiger charge is -2.20. The van der Waals surface area contributed by atoms with Gasteiger partial charge in [-0.25, -0.2) is 4.79 Å². The largest absolute Gasteiger partial charge is 0.376 e. The third kappa shape index (κ3) is 6.63. The van der Waals surface area contributed by atoms with Crippen LogP contribution in [0.3, 0.4) is 0 Å². The van der Waals surface area contributed by atoms with Crippen LogP contribution >= 0.6 is 23.2 Å². The molecular formula is C13H17Cl2N3O2. The van der Waals surface area contributed by atoms with Crippen LogP contribution in [0.2, 0.25) is 10.0 Å². The number of imide groups is 1. The molecule has 0 aliphatic rings. The maximum absolute atomic E-state index is 11.6. The van der Waals surface area contributed by atoms with Crippen molar-refractivity contribution >= 4 is 40.8 Å². The molecule has 1 aromatic rings. The average molecular weight is 318 g/mol. The lowest BCUT2D eigenvalue weighted by molar-refractivity contribution is -0.118. The predicted molar refractivity (Wildman–Crippen MR) is 81.4 cm³/mol. The van der Waals surface area contributed by atoms with Gasteiger partial charge in [-0.1, -0.05) is 23.2 Å². The summed E-state index contributed by atoms with van der Waals surface area (Å²) in [5, 5.41) is 8.60. The topological polar surface area (TPSA) is 70.2 Å². The second-order valence-corrected chi connectivity index (χ2v) is 6.14. The number of hydrogen-bond donors (Lipinski definition) is 3. The molecule has 0 heterocycles. The molecule has 110 valence electrons. The third-order valence-corrected chi connectivity index (χ3v) is 2.49. The van der Waals surface area contributed by atoms with E-state index in [0.29, 0.717) is 15.7 Å². The van der Waals surface area contributed by atoms with Gasteiger partial charge in [0.15, 0.2) is 0 Å². The molecule has 3 N–H and O–H groups in total. The average Bonchev–Trinajstić information content (AvgIpc) is 2.22. The molecule has 0 aromatic heterocycles. The molecule has 0 aliphatic heterocycles.